The number of hydrogen-bond donors (Lipinski definition) is 7. The molecule has 14 heteroatoms. The highest BCUT2D eigenvalue weighted by atomic mass is 16.4. The maximum absolute atomic E-state index is 12.7. The summed E-state index contributed by atoms with van der Waals surface area (Å²) in [4.78, 5) is 71.4. The summed E-state index contributed by atoms with van der Waals surface area (Å²) in [6.45, 7) is 1.32. The molecule has 32 heavy (non-hydrogen) atoms. The van der Waals surface area contributed by atoms with E-state index in [0.29, 0.717) is 6.42 Å². The van der Waals surface area contributed by atoms with Crippen LogP contribution in [-0.2, 0) is 28.8 Å². The van der Waals surface area contributed by atoms with Gasteiger partial charge in [0.05, 0.1) is 18.6 Å². The number of nitrogens with one attached hydrogen (secondary N) is 2. The molecule has 14 nitrogen and oxygen atoms in total. The van der Waals surface area contributed by atoms with Gasteiger partial charge >= 0.3 is 17.9 Å². The molecule has 180 valence electrons. The highest BCUT2D eigenvalue weighted by molar-refractivity contribution is 5.95. The summed E-state index contributed by atoms with van der Waals surface area (Å²) < 4.78 is 0. The molecule has 1 aliphatic rings. The van der Waals surface area contributed by atoms with Crippen molar-refractivity contribution in [1.82, 2.24) is 15.5 Å². The van der Waals surface area contributed by atoms with E-state index in [1.165, 1.54) is 6.92 Å². The first kappa shape index (κ1) is 26.8. The third kappa shape index (κ3) is 7.77. The van der Waals surface area contributed by atoms with Crippen molar-refractivity contribution >= 4 is 35.6 Å². The molecule has 1 saturated heterocycles. The standard InChI is InChI=1S/C18H28N4O10/c1-8(23)14(16(29)20-10(18(31)32)4-5-12(24)25)21-15(28)11-3-2-6-22(11)17(30)9(19)7-13(26)27/h8-11,14,23H,2-7,19H2,1H3,(H,20,29)(H,21,28)(H,24,25)(H,26,27)(H,31,32). The minimum Gasteiger partial charge on any atom is -0.481 e. The molecule has 0 aromatic carbocycles. The fraction of sp³-hybridized carbons (Fsp3) is 0.667. The Morgan fingerprint density at radius 3 is 2.19 bits per heavy atom. The Morgan fingerprint density at radius 2 is 1.69 bits per heavy atom. The monoisotopic (exact) mass is 460 g/mol. The van der Waals surface area contributed by atoms with Crippen LogP contribution in [0.4, 0.5) is 0 Å². The molecule has 0 radical (unpaired) electrons. The van der Waals surface area contributed by atoms with Crippen molar-refractivity contribution in [2.24, 2.45) is 5.73 Å². The molecule has 8 N–H and O–H groups in total. The number of aliphatic carboxylic acids is 3. The summed E-state index contributed by atoms with van der Waals surface area (Å²) in [5, 5.41) is 40.9. The van der Waals surface area contributed by atoms with Crippen molar-refractivity contribution in [2.75, 3.05) is 6.54 Å². The van der Waals surface area contributed by atoms with Gasteiger partial charge in [-0.1, -0.05) is 0 Å². The Labute approximate surface area is 182 Å². The Hall–Kier alpha value is -3.26. The average molecular weight is 460 g/mol. The van der Waals surface area contributed by atoms with Crippen molar-refractivity contribution in [1.29, 1.82) is 0 Å². The van der Waals surface area contributed by atoms with Crippen LogP contribution in [0, 0.1) is 0 Å². The van der Waals surface area contributed by atoms with Crippen molar-refractivity contribution in [2.45, 2.75) is 69.3 Å². The van der Waals surface area contributed by atoms with Gasteiger partial charge in [0.15, 0.2) is 0 Å². The van der Waals surface area contributed by atoms with Gasteiger partial charge in [-0.2, -0.15) is 0 Å². The predicted octanol–water partition coefficient (Wildman–Crippen LogP) is -2.92. The topological polar surface area (TPSA) is 237 Å². The molecular weight excluding hydrogens is 432 g/mol. The summed E-state index contributed by atoms with van der Waals surface area (Å²) in [7, 11) is 0. The number of rotatable bonds is 12. The predicted molar refractivity (Wildman–Crippen MR) is 105 cm³/mol. The van der Waals surface area contributed by atoms with Crippen LogP contribution in [0.3, 0.4) is 0 Å². The van der Waals surface area contributed by atoms with E-state index in [9.17, 15) is 33.9 Å². The summed E-state index contributed by atoms with van der Waals surface area (Å²) in [6, 6.07) is -5.56. The van der Waals surface area contributed by atoms with Gasteiger partial charge in [0.25, 0.3) is 0 Å². The smallest absolute Gasteiger partial charge is 0.326 e. The number of amides is 3. The maximum atomic E-state index is 12.7. The van der Waals surface area contributed by atoms with Crippen molar-refractivity contribution in [3.05, 3.63) is 0 Å². The molecule has 0 saturated carbocycles. The third-order valence-corrected chi connectivity index (χ3v) is 4.87. The molecule has 3 amide bonds. The Kier molecular flexibility index (Phi) is 10.00. The average Bonchev–Trinajstić information content (AvgIpc) is 3.16. The number of aliphatic hydroxyl groups excluding tert-OH is 1. The summed E-state index contributed by atoms with van der Waals surface area (Å²) in [5.41, 5.74) is 5.59. The number of nitrogens with two attached hydrogens (primary N) is 1. The Balaban J connectivity index is 2.87. The highest BCUT2D eigenvalue weighted by Gasteiger charge is 2.39. The van der Waals surface area contributed by atoms with Crippen LogP contribution in [0.25, 0.3) is 0 Å². The number of nitrogens with zero attached hydrogens (tertiary/aromatic N) is 1. The van der Waals surface area contributed by atoms with E-state index in [0.717, 1.165) is 4.90 Å². The van der Waals surface area contributed by atoms with Gasteiger partial charge in [0.2, 0.25) is 17.7 Å². The van der Waals surface area contributed by atoms with E-state index in [-0.39, 0.29) is 13.0 Å². The van der Waals surface area contributed by atoms with Gasteiger partial charge in [0.1, 0.15) is 18.1 Å². The second-order valence-corrected chi connectivity index (χ2v) is 7.45. The number of carbonyl (C=O) groups excluding carboxylic acids is 3. The molecule has 1 rings (SSSR count). The quantitative estimate of drug-likeness (QED) is 0.156. The molecule has 5 atom stereocenters. The van der Waals surface area contributed by atoms with Gasteiger partial charge in [-0.15, -0.1) is 0 Å². The zero-order chi connectivity index (χ0) is 24.6. The van der Waals surface area contributed by atoms with E-state index in [4.69, 9.17) is 21.1 Å². The number of carbonyl (C=O) groups is 6. The Morgan fingerprint density at radius 1 is 1.06 bits per heavy atom. The third-order valence-electron chi connectivity index (χ3n) is 4.87. The number of carboxylic acid groups (broad SMARTS) is 3. The molecule has 1 heterocycles. The molecule has 0 aliphatic carbocycles. The van der Waals surface area contributed by atoms with E-state index in [1.807, 2.05) is 0 Å². The minimum atomic E-state index is -1.58. The minimum absolute atomic E-state index is 0.145. The van der Waals surface area contributed by atoms with Crippen molar-refractivity contribution in [3.63, 3.8) is 0 Å². The fourth-order valence-corrected chi connectivity index (χ4v) is 3.23. The van der Waals surface area contributed by atoms with Crippen LogP contribution >= 0.6 is 0 Å². The lowest BCUT2D eigenvalue weighted by Gasteiger charge is -2.29. The normalized spacial score (nSPS) is 19.3. The van der Waals surface area contributed by atoms with E-state index in [2.05, 4.69) is 10.6 Å². The first-order valence-electron chi connectivity index (χ1n) is 9.86. The lowest BCUT2D eigenvalue weighted by molar-refractivity contribution is -0.145. The number of likely N-dealkylation sites (tertiary alicyclic amines) is 1. The summed E-state index contributed by atoms with van der Waals surface area (Å²) in [5.74, 6) is -6.65. The van der Waals surface area contributed by atoms with Crippen LogP contribution in [0.5, 0.6) is 0 Å². The van der Waals surface area contributed by atoms with Gasteiger partial charge in [0, 0.05) is 13.0 Å². The van der Waals surface area contributed by atoms with Crippen LogP contribution in [-0.4, -0.2) is 97.8 Å². The first-order valence-corrected chi connectivity index (χ1v) is 9.86. The zero-order valence-electron chi connectivity index (χ0n) is 17.4. The summed E-state index contributed by atoms with van der Waals surface area (Å²) >= 11 is 0. The second kappa shape index (κ2) is 12.0. The van der Waals surface area contributed by atoms with Crippen LogP contribution in [0.2, 0.25) is 0 Å². The van der Waals surface area contributed by atoms with Gasteiger partial charge in [-0.05, 0) is 26.2 Å². The maximum Gasteiger partial charge on any atom is 0.326 e. The lowest BCUT2D eigenvalue weighted by Crippen LogP contribution is -2.59. The summed E-state index contributed by atoms with van der Waals surface area (Å²) in [6.07, 6.45) is -2.39. The Bertz CT molecular complexity index is 756. The molecule has 1 aliphatic heterocycles. The van der Waals surface area contributed by atoms with Crippen LogP contribution < -0.4 is 16.4 Å². The van der Waals surface area contributed by atoms with E-state index >= 15 is 0 Å². The van der Waals surface area contributed by atoms with Crippen molar-refractivity contribution < 1.29 is 49.2 Å². The largest absolute Gasteiger partial charge is 0.481 e. The zero-order valence-corrected chi connectivity index (χ0v) is 17.4. The van der Waals surface area contributed by atoms with Crippen molar-refractivity contribution in [3.8, 4) is 0 Å². The first-order chi connectivity index (χ1) is 14.8. The molecule has 1 fully saturated rings. The molecule has 5 unspecified atom stereocenters. The molecule has 0 aromatic rings. The SMILES string of the molecule is CC(O)C(NC(=O)C1CCCN1C(=O)C(N)CC(=O)O)C(=O)NC(CCC(=O)O)C(=O)O. The number of carboxylic acids is 3. The molecule has 0 bridgehead atoms. The van der Waals surface area contributed by atoms with Gasteiger partial charge in [-0.3, -0.25) is 24.0 Å². The van der Waals surface area contributed by atoms with E-state index < -0.39 is 85.2 Å². The van der Waals surface area contributed by atoms with Gasteiger partial charge < -0.3 is 41.7 Å². The fourth-order valence-electron chi connectivity index (χ4n) is 3.23. The number of aliphatic hydroxyl groups is 1. The van der Waals surface area contributed by atoms with E-state index in [1.54, 1.807) is 0 Å². The van der Waals surface area contributed by atoms with Crippen LogP contribution in [0.15, 0.2) is 0 Å². The highest BCUT2D eigenvalue weighted by Crippen LogP contribution is 2.19. The molecular formula is C18H28N4O10. The second-order valence-electron chi connectivity index (χ2n) is 7.45. The number of hydrogen-bond acceptors (Lipinski definition) is 8. The van der Waals surface area contributed by atoms with Gasteiger partial charge in [-0.25, -0.2) is 4.79 Å². The van der Waals surface area contributed by atoms with Crippen LogP contribution in [0.1, 0.15) is 39.0 Å². The molecule has 0 spiro atoms. The lowest BCUT2D eigenvalue weighted by atomic mass is 10.1. The molecule has 0 aromatic heterocycles.